The van der Waals surface area contributed by atoms with E-state index < -0.39 is 0 Å². The predicted octanol–water partition coefficient (Wildman–Crippen LogP) is 10.9. The van der Waals surface area contributed by atoms with Crippen molar-refractivity contribution in [2.75, 3.05) is 0 Å². The Morgan fingerprint density at radius 2 is 0.878 bits per heavy atom. The summed E-state index contributed by atoms with van der Waals surface area (Å²) in [6, 6.07) is 56.2. The lowest BCUT2D eigenvalue weighted by Gasteiger charge is -2.16. The maximum absolute atomic E-state index is 5.41. The second-order valence-corrected chi connectivity index (χ2v) is 12.7. The Labute approximate surface area is 280 Å². The van der Waals surface area contributed by atoms with Gasteiger partial charge in [0, 0.05) is 50.1 Å². The lowest BCUT2D eigenvalue weighted by atomic mass is 10.0. The van der Waals surface area contributed by atoms with E-state index in [4.69, 9.17) is 9.97 Å². The highest BCUT2D eigenvalue weighted by atomic mass is 15.0. The summed E-state index contributed by atoms with van der Waals surface area (Å²) in [7, 11) is 0. The van der Waals surface area contributed by atoms with Gasteiger partial charge in [-0.3, -0.25) is 4.40 Å². The zero-order valence-electron chi connectivity index (χ0n) is 26.3. The molecule has 0 aliphatic heterocycles. The highest BCUT2D eigenvalue weighted by molar-refractivity contribution is 6.12. The molecule has 5 nitrogen and oxygen atoms in total. The fourth-order valence-corrected chi connectivity index (χ4v) is 7.95. The van der Waals surface area contributed by atoms with Crippen LogP contribution < -0.4 is 0 Å². The van der Waals surface area contributed by atoms with Crippen LogP contribution in [0.15, 0.2) is 164 Å². The Morgan fingerprint density at radius 3 is 1.43 bits per heavy atom. The van der Waals surface area contributed by atoms with E-state index in [1.54, 1.807) is 0 Å². The van der Waals surface area contributed by atoms with Gasteiger partial charge in [-0.15, -0.1) is 0 Å². The molecule has 0 saturated heterocycles. The molecule has 6 aromatic carbocycles. The lowest BCUT2D eigenvalue weighted by molar-refractivity contribution is 1.13. The van der Waals surface area contributed by atoms with Crippen LogP contribution in [0.4, 0.5) is 0 Å². The van der Waals surface area contributed by atoms with Crippen LogP contribution in [-0.4, -0.2) is 23.5 Å². The first-order valence-electron chi connectivity index (χ1n) is 16.6. The molecule has 5 heteroatoms. The average molecular weight is 626 g/mol. The van der Waals surface area contributed by atoms with Gasteiger partial charge in [0.25, 0.3) is 0 Å². The molecule has 0 atom stereocenters. The van der Waals surface area contributed by atoms with Crippen molar-refractivity contribution in [1.29, 1.82) is 0 Å². The quantitative estimate of drug-likeness (QED) is 0.196. The van der Waals surface area contributed by atoms with Crippen LogP contribution in [0.5, 0.6) is 0 Å². The first-order valence-corrected chi connectivity index (χ1v) is 16.6. The molecule has 11 aromatic rings. The van der Waals surface area contributed by atoms with Crippen molar-refractivity contribution >= 4 is 71.2 Å². The highest BCUT2D eigenvalue weighted by Crippen LogP contribution is 2.39. The van der Waals surface area contributed by atoms with Gasteiger partial charge in [0.2, 0.25) is 0 Å². The molecule has 0 bridgehead atoms. The fourth-order valence-electron chi connectivity index (χ4n) is 7.95. The van der Waals surface area contributed by atoms with E-state index in [2.05, 4.69) is 171 Å². The van der Waals surface area contributed by atoms with Crippen LogP contribution in [0.25, 0.3) is 93.8 Å². The second kappa shape index (κ2) is 9.89. The van der Waals surface area contributed by atoms with Crippen molar-refractivity contribution in [2.45, 2.75) is 0 Å². The van der Waals surface area contributed by atoms with Crippen LogP contribution in [-0.2, 0) is 0 Å². The van der Waals surface area contributed by atoms with Gasteiger partial charge in [-0.05, 0) is 60.7 Å². The summed E-state index contributed by atoms with van der Waals surface area (Å²) in [5.74, 6) is 0. The summed E-state index contributed by atoms with van der Waals surface area (Å²) in [6.45, 7) is 0. The summed E-state index contributed by atoms with van der Waals surface area (Å²) in [5, 5.41) is 5.97. The summed E-state index contributed by atoms with van der Waals surface area (Å²) in [6.07, 6.45) is 2.09. The minimum Gasteiger partial charge on any atom is -0.309 e. The summed E-state index contributed by atoms with van der Waals surface area (Å²) >= 11 is 0. The van der Waals surface area contributed by atoms with Gasteiger partial charge in [-0.2, -0.15) is 0 Å². The van der Waals surface area contributed by atoms with E-state index in [0.717, 1.165) is 50.2 Å². The van der Waals surface area contributed by atoms with Gasteiger partial charge in [0.05, 0.1) is 38.8 Å². The first-order chi connectivity index (χ1) is 24.3. The summed E-state index contributed by atoms with van der Waals surface area (Å²) in [5.41, 5.74) is 12.5. The number of rotatable bonds is 3. The van der Waals surface area contributed by atoms with E-state index in [9.17, 15) is 0 Å². The third-order valence-corrected chi connectivity index (χ3v) is 10.00. The molecule has 0 aliphatic carbocycles. The van der Waals surface area contributed by atoms with Gasteiger partial charge in [0.1, 0.15) is 11.2 Å². The van der Waals surface area contributed by atoms with Crippen molar-refractivity contribution in [2.24, 2.45) is 0 Å². The van der Waals surface area contributed by atoms with Crippen molar-refractivity contribution in [3.8, 4) is 22.6 Å². The van der Waals surface area contributed by atoms with E-state index in [0.29, 0.717) is 0 Å². The van der Waals surface area contributed by atoms with Crippen LogP contribution in [0.3, 0.4) is 0 Å². The number of nitrogens with zero attached hydrogens (tertiary/aromatic N) is 5. The third-order valence-electron chi connectivity index (χ3n) is 10.00. The minimum absolute atomic E-state index is 0.900. The Kier molecular flexibility index (Phi) is 5.32. The zero-order valence-corrected chi connectivity index (χ0v) is 26.3. The van der Waals surface area contributed by atoms with Crippen LogP contribution in [0, 0.1) is 0 Å². The van der Waals surface area contributed by atoms with Crippen molar-refractivity contribution in [1.82, 2.24) is 23.5 Å². The Hall–Kier alpha value is -6.72. The monoisotopic (exact) mass is 625 g/mol. The number of pyridine rings is 2. The number of hydrogen-bond donors (Lipinski definition) is 0. The third kappa shape index (κ3) is 3.70. The summed E-state index contributed by atoms with van der Waals surface area (Å²) < 4.78 is 6.98. The van der Waals surface area contributed by atoms with E-state index in [-0.39, 0.29) is 0 Å². The average Bonchev–Trinajstić information content (AvgIpc) is 3.83. The molecule has 49 heavy (non-hydrogen) atoms. The number of benzene rings is 6. The molecule has 0 radical (unpaired) electrons. The van der Waals surface area contributed by atoms with Crippen molar-refractivity contribution in [3.05, 3.63) is 164 Å². The normalized spacial score (nSPS) is 12.1. The number of fused-ring (bicyclic) bond motifs is 11. The molecular formula is C44H27N5. The Balaban J connectivity index is 1.32. The van der Waals surface area contributed by atoms with Crippen LogP contribution >= 0.6 is 0 Å². The number of aromatic nitrogens is 5. The smallest absolute Gasteiger partial charge is 0.137 e. The van der Waals surface area contributed by atoms with Gasteiger partial charge in [-0.1, -0.05) is 97.1 Å². The molecule has 0 unspecified atom stereocenters. The predicted molar refractivity (Wildman–Crippen MR) is 202 cm³/mol. The molecule has 11 rings (SSSR count). The van der Waals surface area contributed by atoms with E-state index in [1.807, 2.05) is 6.07 Å². The molecule has 5 heterocycles. The Morgan fingerprint density at radius 1 is 0.408 bits per heavy atom. The minimum atomic E-state index is 0.900. The van der Waals surface area contributed by atoms with Crippen LogP contribution in [0.1, 0.15) is 0 Å². The largest absolute Gasteiger partial charge is 0.309 e. The maximum Gasteiger partial charge on any atom is 0.137 e. The van der Waals surface area contributed by atoms with E-state index in [1.165, 1.54) is 43.6 Å². The standard InChI is InChI=1S/C44H27N5/c1-6-18-36-35(17-1)43-44(47-24-12-11-23-41(47)46-43)42(45-36)28-25-29(48-37-19-7-2-13-31(37)32-14-3-8-20-38(32)48)27-30(26-28)49-39-21-9-4-15-33(39)34-16-5-10-22-40(34)49/h1-27H. The lowest BCUT2D eigenvalue weighted by Crippen LogP contribution is -2.01. The molecule has 5 aromatic heterocycles. The number of hydrogen-bond acceptors (Lipinski definition) is 2. The van der Waals surface area contributed by atoms with Gasteiger partial charge in [0.15, 0.2) is 0 Å². The first kappa shape index (κ1) is 26.4. The molecule has 0 spiro atoms. The molecule has 228 valence electrons. The number of para-hydroxylation sites is 5. The van der Waals surface area contributed by atoms with Crippen molar-refractivity contribution < 1.29 is 0 Å². The van der Waals surface area contributed by atoms with E-state index >= 15 is 0 Å². The highest BCUT2D eigenvalue weighted by Gasteiger charge is 2.21. The molecule has 0 amide bonds. The molecule has 0 N–H and O–H groups in total. The fraction of sp³-hybridized carbons (Fsp3) is 0. The second-order valence-electron chi connectivity index (χ2n) is 12.7. The molecule has 0 saturated carbocycles. The zero-order chi connectivity index (χ0) is 32.1. The molecule has 0 fully saturated rings. The molecule has 0 aliphatic rings. The number of imidazole rings is 1. The Bertz CT molecular complexity index is 2880. The topological polar surface area (TPSA) is 40.0 Å². The van der Waals surface area contributed by atoms with Gasteiger partial charge >= 0.3 is 0 Å². The van der Waals surface area contributed by atoms with Gasteiger partial charge < -0.3 is 9.13 Å². The molecular weight excluding hydrogens is 599 g/mol. The maximum atomic E-state index is 5.41. The van der Waals surface area contributed by atoms with Crippen molar-refractivity contribution in [3.63, 3.8) is 0 Å². The van der Waals surface area contributed by atoms with Crippen LogP contribution in [0.2, 0.25) is 0 Å². The van der Waals surface area contributed by atoms with Gasteiger partial charge in [-0.25, -0.2) is 9.97 Å². The SMILES string of the molecule is c1ccc2c(c1)nc(-c1cc(-n3c4ccccc4c4ccccc43)cc(-n3c4ccccc4c4ccccc43)c1)c1c2nc2ccccn21. The summed E-state index contributed by atoms with van der Waals surface area (Å²) in [4.78, 5) is 10.6.